The molecule has 0 aliphatic rings. The van der Waals surface area contributed by atoms with Crippen molar-refractivity contribution in [1.29, 1.82) is 0 Å². The van der Waals surface area contributed by atoms with Crippen molar-refractivity contribution >= 4 is 22.9 Å². The third kappa shape index (κ3) is 7.35. The molecule has 0 bridgehead atoms. The Morgan fingerprint density at radius 2 is 1.13 bits per heavy atom. The zero-order valence-corrected chi connectivity index (χ0v) is 33.2. The second kappa shape index (κ2) is 13.2. The third-order valence-corrected chi connectivity index (χ3v) is 9.98. The Hall–Kier alpha value is -4.96. The van der Waals surface area contributed by atoms with Crippen LogP contribution in [0.25, 0.3) is 39.2 Å². The van der Waals surface area contributed by atoms with Crippen molar-refractivity contribution in [2.24, 2.45) is 4.99 Å². The van der Waals surface area contributed by atoms with Crippen molar-refractivity contribution in [3.63, 3.8) is 0 Å². The van der Waals surface area contributed by atoms with E-state index in [0.29, 0.717) is 5.56 Å². The van der Waals surface area contributed by atoms with E-state index < -0.39 is 0 Å². The van der Waals surface area contributed by atoms with E-state index in [1.165, 1.54) is 16.7 Å². The van der Waals surface area contributed by atoms with Gasteiger partial charge in [-0.1, -0.05) is 150 Å². The number of benzene rings is 5. The SMILES string of the molecule is CC(C)(C)c1cc(-c2cccc3c2nc(-c2ccccc2N=Cc2cc(C(C)(C)C)cc(C(C)(C)C)c2O)n3-c2ccccc2)cc(C(C)(C)C)c1. The summed E-state index contributed by atoms with van der Waals surface area (Å²) >= 11 is 0. The summed E-state index contributed by atoms with van der Waals surface area (Å²) in [5.74, 6) is 1.09. The quantitative estimate of drug-likeness (QED) is 0.183. The summed E-state index contributed by atoms with van der Waals surface area (Å²) in [7, 11) is 0. The van der Waals surface area contributed by atoms with E-state index in [9.17, 15) is 5.11 Å². The first-order chi connectivity index (χ1) is 24.2. The molecule has 0 amide bonds. The third-order valence-electron chi connectivity index (χ3n) is 9.98. The number of aromatic hydroxyl groups is 1. The lowest BCUT2D eigenvalue weighted by atomic mass is 9.79. The predicted molar refractivity (Wildman–Crippen MR) is 222 cm³/mol. The molecule has 6 rings (SSSR count). The van der Waals surface area contributed by atoms with Crippen LogP contribution in [0.4, 0.5) is 5.69 Å². The fourth-order valence-electron chi connectivity index (χ4n) is 6.67. The molecule has 0 aliphatic carbocycles. The van der Waals surface area contributed by atoms with Gasteiger partial charge in [0.1, 0.15) is 11.6 Å². The topological polar surface area (TPSA) is 50.4 Å². The molecule has 4 heteroatoms. The number of aromatic nitrogens is 2. The van der Waals surface area contributed by atoms with Crippen LogP contribution in [-0.4, -0.2) is 20.9 Å². The fourth-order valence-corrected chi connectivity index (χ4v) is 6.67. The lowest BCUT2D eigenvalue weighted by Crippen LogP contribution is -2.17. The molecule has 0 atom stereocenters. The summed E-state index contributed by atoms with van der Waals surface area (Å²) in [6.07, 6.45) is 1.81. The highest BCUT2D eigenvalue weighted by atomic mass is 16.3. The molecular formula is C48H55N3O. The second-order valence-electron chi connectivity index (χ2n) is 18.3. The van der Waals surface area contributed by atoms with Gasteiger partial charge in [0, 0.05) is 34.2 Å². The van der Waals surface area contributed by atoms with Gasteiger partial charge in [-0.05, 0) is 80.3 Å². The lowest BCUT2D eigenvalue weighted by Gasteiger charge is -2.27. The van der Waals surface area contributed by atoms with Crippen LogP contribution in [0.15, 0.2) is 108 Å². The first-order valence-electron chi connectivity index (χ1n) is 18.5. The standard InChI is InChI=1S/C48H55N3O/c1-45(2,3)33-25-31(26-34(28-33)46(4,5)6)37-22-18-24-41-42(37)50-44(51(41)36-19-14-13-15-20-36)38-21-16-17-23-40(38)49-30-32-27-35(47(7,8)9)29-39(43(32)52)48(10,11)12/h13-30,52H,1-12H3. The number of para-hydroxylation sites is 3. The number of aliphatic imine (C=N–C) groups is 1. The van der Waals surface area contributed by atoms with E-state index in [4.69, 9.17) is 9.98 Å². The fraction of sp³-hybridized carbons (Fsp3) is 0.333. The van der Waals surface area contributed by atoms with Gasteiger partial charge in [0.25, 0.3) is 0 Å². The van der Waals surface area contributed by atoms with E-state index in [0.717, 1.165) is 50.5 Å². The number of hydrogen-bond donors (Lipinski definition) is 1. The highest BCUT2D eigenvalue weighted by Crippen LogP contribution is 2.41. The zero-order valence-electron chi connectivity index (χ0n) is 33.2. The van der Waals surface area contributed by atoms with Crippen LogP contribution in [-0.2, 0) is 21.7 Å². The van der Waals surface area contributed by atoms with Gasteiger partial charge in [-0.15, -0.1) is 0 Å². The molecule has 0 radical (unpaired) electrons. The van der Waals surface area contributed by atoms with Crippen LogP contribution in [0.1, 0.15) is 111 Å². The maximum absolute atomic E-state index is 11.5. The molecule has 0 aliphatic heterocycles. The molecule has 6 aromatic rings. The summed E-state index contributed by atoms with van der Waals surface area (Å²) in [4.78, 5) is 10.6. The second-order valence-corrected chi connectivity index (χ2v) is 18.3. The van der Waals surface area contributed by atoms with Gasteiger partial charge in [-0.3, -0.25) is 9.56 Å². The predicted octanol–water partition coefficient (Wildman–Crippen LogP) is 13.0. The number of rotatable bonds is 5. The van der Waals surface area contributed by atoms with E-state index in [1.54, 1.807) is 0 Å². The minimum Gasteiger partial charge on any atom is -0.507 e. The molecule has 0 unspecified atom stereocenters. The van der Waals surface area contributed by atoms with Gasteiger partial charge >= 0.3 is 0 Å². The van der Waals surface area contributed by atoms with Crippen molar-refractivity contribution in [3.05, 3.63) is 131 Å². The molecular weight excluding hydrogens is 635 g/mol. The van der Waals surface area contributed by atoms with Crippen molar-refractivity contribution in [1.82, 2.24) is 9.55 Å². The number of phenolic OH excluding ortho intramolecular Hbond substituents is 1. The maximum Gasteiger partial charge on any atom is 0.147 e. The number of nitrogens with zero attached hydrogens (tertiary/aromatic N) is 3. The van der Waals surface area contributed by atoms with Crippen LogP contribution in [0.5, 0.6) is 5.75 Å². The highest BCUT2D eigenvalue weighted by Gasteiger charge is 2.26. The van der Waals surface area contributed by atoms with Gasteiger partial charge in [-0.25, -0.2) is 4.98 Å². The van der Waals surface area contributed by atoms with Crippen LogP contribution in [0.3, 0.4) is 0 Å². The summed E-state index contributed by atoms with van der Waals surface area (Å²) < 4.78 is 2.25. The average molecular weight is 690 g/mol. The molecule has 0 spiro atoms. The summed E-state index contributed by atoms with van der Waals surface area (Å²) in [5.41, 5.74) is 12.0. The molecule has 1 aromatic heterocycles. The molecule has 0 fully saturated rings. The highest BCUT2D eigenvalue weighted by molar-refractivity contribution is 5.97. The first kappa shape index (κ1) is 36.8. The molecule has 5 aromatic carbocycles. The van der Waals surface area contributed by atoms with Gasteiger partial charge in [0.05, 0.1) is 16.7 Å². The average Bonchev–Trinajstić information content (AvgIpc) is 3.46. The summed E-state index contributed by atoms with van der Waals surface area (Å²) in [6.45, 7) is 26.7. The number of hydrogen-bond acceptors (Lipinski definition) is 3. The van der Waals surface area contributed by atoms with Crippen LogP contribution >= 0.6 is 0 Å². The molecule has 0 saturated heterocycles. The van der Waals surface area contributed by atoms with Crippen LogP contribution in [0.2, 0.25) is 0 Å². The Labute approximate surface area is 311 Å². The Morgan fingerprint density at radius 3 is 1.73 bits per heavy atom. The smallest absolute Gasteiger partial charge is 0.147 e. The molecule has 1 heterocycles. The molecule has 1 N–H and O–H groups in total. The summed E-state index contributed by atoms with van der Waals surface area (Å²) in [6, 6.07) is 36.4. The normalized spacial score (nSPS) is 13.0. The number of phenols is 1. The minimum atomic E-state index is -0.232. The van der Waals surface area contributed by atoms with Crippen molar-refractivity contribution in [2.45, 2.75) is 105 Å². The first-order valence-corrected chi connectivity index (χ1v) is 18.5. The Kier molecular flexibility index (Phi) is 9.36. The van der Waals surface area contributed by atoms with Gasteiger partial charge in [0.15, 0.2) is 0 Å². The summed E-state index contributed by atoms with van der Waals surface area (Å²) in [5, 5.41) is 11.5. The van der Waals surface area contributed by atoms with Crippen molar-refractivity contribution < 1.29 is 5.11 Å². The van der Waals surface area contributed by atoms with Gasteiger partial charge < -0.3 is 5.11 Å². The zero-order chi connectivity index (χ0) is 37.8. The van der Waals surface area contributed by atoms with Crippen molar-refractivity contribution in [3.8, 4) is 34.0 Å². The lowest BCUT2D eigenvalue weighted by molar-refractivity contribution is 0.444. The molecule has 268 valence electrons. The Morgan fingerprint density at radius 1 is 0.577 bits per heavy atom. The monoisotopic (exact) mass is 689 g/mol. The van der Waals surface area contributed by atoms with Gasteiger partial charge in [-0.2, -0.15) is 0 Å². The van der Waals surface area contributed by atoms with Crippen molar-refractivity contribution in [2.75, 3.05) is 0 Å². The molecule has 52 heavy (non-hydrogen) atoms. The Bertz CT molecular complexity index is 2250. The largest absolute Gasteiger partial charge is 0.507 e. The maximum atomic E-state index is 11.5. The molecule has 4 nitrogen and oxygen atoms in total. The van der Waals surface area contributed by atoms with Crippen LogP contribution in [0, 0.1) is 0 Å². The minimum absolute atomic E-state index is 0.0100. The molecule has 0 saturated carbocycles. The van der Waals surface area contributed by atoms with E-state index >= 15 is 0 Å². The van der Waals surface area contributed by atoms with Crippen LogP contribution < -0.4 is 0 Å². The van der Waals surface area contributed by atoms with Gasteiger partial charge in [0.2, 0.25) is 0 Å². The Balaban J connectivity index is 1.59. The number of fused-ring (bicyclic) bond motifs is 1. The van der Waals surface area contributed by atoms with E-state index in [2.05, 4.69) is 167 Å². The number of imidazole rings is 1. The van der Waals surface area contributed by atoms with E-state index in [-0.39, 0.29) is 27.4 Å². The van der Waals surface area contributed by atoms with E-state index in [1.807, 2.05) is 30.5 Å².